The summed E-state index contributed by atoms with van der Waals surface area (Å²) in [5, 5.41) is 9.71. The molecule has 1 aromatic carbocycles. The molecule has 1 aromatic rings. The molecular formula is C13H17NO5S. The first-order chi connectivity index (χ1) is 9.45. The van der Waals surface area contributed by atoms with Gasteiger partial charge in [0.1, 0.15) is 0 Å². The van der Waals surface area contributed by atoms with E-state index in [1.165, 1.54) is 25.3 Å². The SMILES string of the molecule is COC(=O)c1ccccc1S(=O)(=O)NCC(O)C1CC1. The Balaban J connectivity index is 2.18. The first-order valence-electron chi connectivity index (χ1n) is 6.31. The van der Waals surface area contributed by atoms with Crippen molar-refractivity contribution in [1.29, 1.82) is 0 Å². The second-order valence-electron chi connectivity index (χ2n) is 4.74. The monoisotopic (exact) mass is 299 g/mol. The van der Waals surface area contributed by atoms with Crippen LogP contribution in [0.5, 0.6) is 0 Å². The van der Waals surface area contributed by atoms with E-state index in [0.717, 1.165) is 12.8 Å². The van der Waals surface area contributed by atoms with Gasteiger partial charge in [0, 0.05) is 6.54 Å². The standard InChI is InChI=1S/C13H17NO5S/c1-19-13(16)10-4-2-3-5-12(10)20(17,18)14-8-11(15)9-6-7-9/h2-5,9,11,14-15H,6-8H2,1H3. The number of rotatable bonds is 6. The molecule has 0 saturated heterocycles. The number of hydrogen-bond acceptors (Lipinski definition) is 5. The summed E-state index contributed by atoms with van der Waals surface area (Å²) >= 11 is 0. The van der Waals surface area contributed by atoms with Crippen molar-refractivity contribution < 1.29 is 23.1 Å². The minimum absolute atomic E-state index is 0.0246. The van der Waals surface area contributed by atoms with Gasteiger partial charge in [-0.3, -0.25) is 0 Å². The predicted octanol–water partition coefficient (Wildman–Crippen LogP) is 0.522. The van der Waals surface area contributed by atoms with Crippen molar-refractivity contribution in [2.24, 2.45) is 5.92 Å². The van der Waals surface area contributed by atoms with Gasteiger partial charge in [-0.05, 0) is 30.9 Å². The molecule has 0 spiro atoms. The number of aliphatic hydroxyl groups is 1. The van der Waals surface area contributed by atoms with Gasteiger partial charge in [0.05, 0.1) is 23.7 Å². The summed E-state index contributed by atoms with van der Waals surface area (Å²) in [6.45, 7) is -0.0531. The van der Waals surface area contributed by atoms with Crippen molar-refractivity contribution in [2.45, 2.75) is 23.8 Å². The van der Waals surface area contributed by atoms with Crippen LogP contribution in [0.25, 0.3) is 0 Å². The largest absolute Gasteiger partial charge is 0.465 e. The number of benzene rings is 1. The summed E-state index contributed by atoms with van der Waals surface area (Å²) in [5.74, 6) is -0.540. The second-order valence-corrected chi connectivity index (χ2v) is 6.48. The summed E-state index contributed by atoms with van der Waals surface area (Å²) in [6, 6.07) is 5.80. The van der Waals surface area contributed by atoms with Gasteiger partial charge in [-0.25, -0.2) is 17.9 Å². The van der Waals surface area contributed by atoms with E-state index in [2.05, 4.69) is 9.46 Å². The summed E-state index contributed by atoms with van der Waals surface area (Å²) in [5.41, 5.74) is -0.0246. The van der Waals surface area contributed by atoms with E-state index in [1.54, 1.807) is 6.07 Å². The fourth-order valence-electron chi connectivity index (χ4n) is 1.90. The quantitative estimate of drug-likeness (QED) is 0.747. The van der Waals surface area contributed by atoms with Gasteiger partial charge < -0.3 is 9.84 Å². The predicted molar refractivity (Wildman–Crippen MR) is 71.7 cm³/mol. The Labute approximate surface area is 117 Å². The Bertz CT molecular complexity index is 595. The first kappa shape index (κ1) is 15.0. The Hall–Kier alpha value is -1.44. The zero-order valence-electron chi connectivity index (χ0n) is 11.1. The molecule has 2 N–H and O–H groups in total. The van der Waals surface area contributed by atoms with Crippen LogP contribution in [-0.4, -0.2) is 39.3 Å². The van der Waals surface area contributed by atoms with Crippen LogP contribution in [0.15, 0.2) is 29.2 Å². The zero-order valence-corrected chi connectivity index (χ0v) is 11.9. The number of ether oxygens (including phenoxy) is 1. The van der Waals surface area contributed by atoms with Crippen LogP contribution >= 0.6 is 0 Å². The van der Waals surface area contributed by atoms with Gasteiger partial charge >= 0.3 is 5.97 Å². The maximum absolute atomic E-state index is 12.2. The number of carbonyl (C=O) groups excluding carboxylic acids is 1. The Morgan fingerprint density at radius 2 is 2.10 bits per heavy atom. The van der Waals surface area contributed by atoms with Crippen molar-refractivity contribution in [3.05, 3.63) is 29.8 Å². The molecule has 0 heterocycles. The van der Waals surface area contributed by atoms with Crippen molar-refractivity contribution >= 4 is 16.0 Å². The molecule has 6 nitrogen and oxygen atoms in total. The summed E-state index contributed by atoms with van der Waals surface area (Å²) in [7, 11) is -2.67. The lowest BCUT2D eigenvalue weighted by atomic mass is 10.2. The lowest BCUT2D eigenvalue weighted by molar-refractivity contribution is 0.0596. The zero-order chi connectivity index (χ0) is 14.8. The lowest BCUT2D eigenvalue weighted by Gasteiger charge is -2.13. The highest BCUT2D eigenvalue weighted by Crippen LogP contribution is 2.32. The fourth-order valence-corrected chi connectivity index (χ4v) is 3.14. The van der Waals surface area contributed by atoms with Crippen LogP contribution in [-0.2, 0) is 14.8 Å². The van der Waals surface area contributed by atoms with E-state index in [9.17, 15) is 18.3 Å². The minimum atomic E-state index is -3.86. The summed E-state index contributed by atoms with van der Waals surface area (Å²) < 4.78 is 31.3. The van der Waals surface area contributed by atoms with Crippen LogP contribution < -0.4 is 4.72 Å². The number of carbonyl (C=O) groups is 1. The smallest absolute Gasteiger partial charge is 0.339 e. The molecule has 0 aliphatic heterocycles. The summed E-state index contributed by atoms with van der Waals surface area (Å²) in [4.78, 5) is 11.4. The van der Waals surface area contributed by atoms with Gasteiger partial charge in [-0.15, -0.1) is 0 Å². The van der Waals surface area contributed by atoms with Crippen molar-refractivity contribution in [2.75, 3.05) is 13.7 Å². The highest BCUT2D eigenvalue weighted by Gasteiger charge is 2.31. The van der Waals surface area contributed by atoms with E-state index < -0.39 is 22.1 Å². The Morgan fingerprint density at radius 1 is 1.45 bits per heavy atom. The molecular weight excluding hydrogens is 282 g/mol. The first-order valence-corrected chi connectivity index (χ1v) is 7.79. The molecule has 2 rings (SSSR count). The average Bonchev–Trinajstić information content (AvgIpc) is 3.28. The third-order valence-electron chi connectivity index (χ3n) is 3.23. The van der Waals surface area contributed by atoms with Crippen molar-refractivity contribution in [1.82, 2.24) is 4.72 Å². The number of aliphatic hydroxyl groups excluding tert-OH is 1. The molecule has 20 heavy (non-hydrogen) atoms. The lowest BCUT2D eigenvalue weighted by Crippen LogP contribution is -2.34. The maximum atomic E-state index is 12.2. The molecule has 1 aliphatic carbocycles. The second kappa shape index (κ2) is 5.90. The maximum Gasteiger partial charge on any atom is 0.339 e. The highest BCUT2D eigenvalue weighted by atomic mass is 32.2. The van der Waals surface area contributed by atoms with Gasteiger partial charge in [0.2, 0.25) is 10.0 Å². The molecule has 1 unspecified atom stereocenters. The molecule has 1 atom stereocenters. The normalized spacial score (nSPS) is 16.7. The van der Waals surface area contributed by atoms with Crippen molar-refractivity contribution in [3.63, 3.8) is 0 Å². The van der Waals surface area contributed by atoms with E-state index >= 15 is 0 Å². The average molecular weight is 299 g/mol. The van der Waals surface area contributed by atoms with Crippen molar-refractivity contribution in [3.8, 4) is 0 Å². The molecule has 0 radical (unpaired) electrons. The molecule has 110 valence electrons. The number of esters is 1. The molecule has 7 heteroatoms. The number of nitrogens with one attached hydrogen (secondary N) is 1. The topological polar surface area (TPSA) is 92.7 Å². The van der Waals surface area contributed by atoms with Crippen LogP contribution in [0.4, 0.5) is 0 Å². The van der Waals surface area contributed by atoms with E-state index in [4.69, 9.17) is 0 Å². The molecule has 1 aliphatic rings. The van der Waals surface area contributed by atoms with E-state index in [0.29, 0.717) is 0 Å². The van der Waals surface area contributed by atoms with Gasteiger partial charge in [-0.1, -0.05) is 12.1 Å². The highest BCUT2D eigenvalue weighted by molar-refractivity contribution is 7.89. The van der Waals surface area contributed by atoms with E-state index in [-0.39, 0.29) is 22.9 Å². The molecule has 0 bridgehead atoms. The van der Waals surface area contributed by atoms with Gasteiger partial charge in [0.15, 0.2) is 0 Å². The molecule has 1 saturated carbocycles. The molecule has 0 amide bonds. The number of hydrogen-bond donors (Lipinski definition) is 2. The third-order valence-corrected chi connectivity index (χ3v) is 4.71. The number of methoxy groups -OCH3 is 1. The van der Waals surface area contributed by atoms with Crippen LogP contribution in [0.3, 0.4) is 0 Å². The van der Waals surface area contributed by atoms with Crippen LogP contribution in [0.2, 0.25) is 0 Å². The molecule has 0 aromatic heterocycles. The molecule has 1 fully saturated rings. The van der Waals surface area contributed by atoms with Crippen LogP contribution in [0, 0.1) is 5.92 Å². The third kappa shape index (κ3) is 3.36. The Kier molecular flexibility index (Phi) is 4.42. The van der Waals surface area contributed by atoms with Crippen LogP contribution in [0.1, 0.15) is 23.2 Å². The van der Waals surface area contributed by atoms with Gasteiger partial charge in [-0.2, -0.15) is 0 Å². The Morgan fingerprint density at radius 3 is 2.70 bits per heavy atom. The number of sulfonamides is 1. The minimum Gasteiger partial charge on any atom is -0.465 e. The summed E-state index contributed by atoms with van der Waals surface area (Å²) in [6.07, 6.45) is 1.15. The van der Waals surface area contributed by atoms with Gasteiger partial charge in [0.25, 0.3) is 0 Å². The van der Waals surface area contributed by atoms with E-state index in [1.807, 2.05) is 0 Å². The fraction of sp³-hybridized carbons (Fsp3) is 0.462.